The number of benzene rings is 1. The molecule has 0 heterocycles. The fraction of sp³-hybridized carbons (Fsp3) is 0.300. The molecule has 0 bridgehead atoms. The summed E-state index contributed by atoms with van der Waals surface area (Å²) in [4.78, 5) is 11.1. The molecule has 3 heteroatoms. The van der Waals surface area contributed by atoms with Crippen LogP contribution in [0.4, 0.5) is 5.69 Å². The van der Waals surface area contributed by atoms with Gasteiger partial charge in [-0.2, -0.15) is 0 Å². The van der Waals surface area contributed by atoms with Crippen molar-refractivity contribution in [3.8, 4) is 0 Å². The van der Waals surface area contributed by atoms with Gasteiger partial charge in [-0.25, -0.2) is 0 Å². The van der Waals surface area contributed by atoms with Crippen LogP contribution in [-0.4, -0.2) is 12.5 Å². The fourth-order valence-corrected chi connectivity index (χ4v) is 1.16. The first-order chi connectivity index (χ1) is 6.27. The number of carbonyl (C=O) groups excluding carboxylic acids is 1. The van der Waals surface area contributed by atoms with E-state index in [9.17, 15) is 4.79 Å². The minimum Gasteiger partial charge on any atom is -0.350 e. The summed E-state index contributed by atoms with van der Waals surface area (Å²) < 4.78 is 0. The summed E-state index contributed by atoms with van der Waals surface area (Å²) in [5, 5.41) is 2.81. The summed E-state index contributed by atoms with van der Waals surface area (Å²) in [5.74, 6) is -0.0408. The average Bonchev–Trinajstić information content (AvgIpc) is 2.18. The second-order valence-electron chi connectivity index (χ2n) is 2.81. The van der Waals surface area contributed by atoms with Gasteiger partial charge in [0.1, 0.15) is 0 Å². The van der Waals surface area contributed by atoms with Gasteiger partial charge < -0.3 is 11.1 Å². The monoisotopic (exact) mass is 179 g/mol. The van der Waals surface area contributed by atoms with Gasteiger partial charge in [0.25, 0.3) is 5.91 Å². The number of aryl methyl sites for hydroxylation is 1. The summed E-state index contributed by atoms with van der Waals surface area (Å²) in [5.41, 5.74) is 5.58. The number of hydrogen-bond acceptors (Lipinski definition) is 1. The molecular formula is C10H15N2O+. The van der Waals surface area contributed by atoms with Crippen molar-refractivity contribution in [2.24, 2.45) is 0 Å². The van der Waals surface area contributed by atoms with Crippen molar-refractivity contribution in [2.45, 2.75) is 13.3 Å². The third-order valence-electron chi connectivity index (χ3n) is 1.90. The van der Waals surface area contributed by atoms with Crippen LogP contribution in [-0.2, 0) is 11.2 Å². The van der Waals surface area contributed by atoms with Crippen LogP contribution in [0, 0.1) is 0 Å². The number of amides is 1. The zero-order valence-corrected chi connectivity index (χ0v) is 7.84. The molecule has 0 atom stereocenters. The standard InChI is InChI=1S/C10H14N2O/c1-2-8-5-3-4-6-9(8)12-10(13)7-11/h3-6H,2,7,11H2,1H3,(H,12,13)/p+1. The molecule has 0 aliphatic heterocycles. The van der Waals surface area contributed by atoms with E-state index in [1.54, 1.807) is 0 Å². The van der Waals surface area contributed by atoms with Crippen molar-refractivity contribution < 1.29 is 10.5 Å². The van der Waals surface area contributed by atoms with E-state index in [1.165, 1.54) is 0 Å². The van der Waals surface area contributed by atoms with Gasteiger partial charge in [-0.1, -0.05) is 25.1 Å². The van der Waals surface area contributed by atoms with Crippen LogP contribution in [0.25, 0.3) is 0 Å². The molecule has 1 aromatic carbocycles. The van der Waals surface area contributed by atoms with Crippen LogP contribution in [0.1, 0.15) is 12.5 Å². The summed E-state index contributed by atoms with van der Waals surface area (Å²) in [7, 11) is 0. The first-order valence-corrected chi connectivity index (χ1v) is 4.45. The summed E-state index contributed by atoms with van der Waals surface area (Å²) >= 11 is 0. The number of anilines is 1. The average molecular weight is 179 g/mol. The fourth-order valence-electron chi connectivity index (χ4n) is 1.16. The number of quaternary nitrogens is 1. The zero-order chi connectivity index (χ0) is 9.68. The van der Waals surface area contributed by atoms with Gasteiger partial charge in [-0.15, -0.1) is 0 Å². The smallest absolute Gasteiger partial charge is 0.279 e. The molecule has 70 valence electrons. The lowest BCUT2D eigenvalue weighted by Crippen LogP contribution is -2.55. The van der Waals surface area contributed by atoms with Crippen molar-refractivity contribution in [3.05, 3.63) is 29.8 Å². The zero-order valence-electron chi connectivity index (χ0n) is 7.84. The van der Waals surface area contributed by atoms with Crippen molar-refractivity contribution in [1.82, 2.24) is 0 Å². The van der Waals surface area contributed by atoms with Crippen LogP contribution >= 0.6 is 0 Å². The van der Waals surface area contributed by atoms with Crippen LogP contribution in [0.5, 0.6) is 0 Å². The molecule has 0 aliphatic carbocycles. The Balaban J connectivity index is 2.81. The highest BCUT2D eigenvalue weighted by atomic mass is 16.1. The molecule has 1 amide bonds. The maximum Gasteiger partial charge on any atom is 0.279 e. The van der Waals surface area contributed by atoms with E-state index in [0.717, 1.165) is 17.7 Å². The first-order valence-electron chi connectivity index (χ1n) is 4.45. The maximum absolute atomic E-state index is 11.1. The normalized spacial score (nSPS) is 9.69. The molecule has 1 rings (SSSR count). The van der Waals surface area contributed by atoms with E-state index in [2.05, 4.69) is 18.0 Å². The van der Waals surface area contributed by atoms with E-state index >= 15 is 0 Å². The molecule has 13 heavy (non-hydrogen) atoms. The van der Waals surface area contributed by atoms with Crippen LogP contribution in [0.15, 0.2) is 24.3 Å². The minimum absolute atomic E-state index is 0.0408. The lowest BCUT2D eigenvalue weighted by atomic mass is 10.1. The van der Waals surface area contributed by atoms with Crippen LogP contribution in [0.2, 0.25) is 0 Å². The van der Waals surface area contributed by atoms with Crippen molar-refractivity contribution in [1.29, 1.82) is 0 Å². The van der Waals surface area contributed by atoms with Crippen LogP contribution < -0.4 is 11.1 Å². The Morgan fingerprint density at radius 1 is 1.46 bits per heavy atom. The summed E-state index contributed by atoms with van der Waals surface area (Å²) in [6.45, 7) is 2.34. The Morgan fingerprint density at radius 2 is 2.15 bits per heavy atom. The van der Waals surface area contributed by atoms with E-state index in [4.69, 9.17) is 0 Å². The molecule has 0 fully saturated rings. The first kappa shape index (κ1) is 9.74. The number of nitrogens with one attached hydrogen (secondary N) is 1. The molecule has 1 aromatic rings. The highest BCUT2D eigenvalue weighted by Gasteiger charge is 2.03. The maximum atomic E-state index is 11.1. The van der Waals surface area contributed by atoms with E-state index in [0.29, 0.717) is 0 Å². The van der Waals surface area contributed by atoms with Gasteiger partial charge >= 0.3 is 0 Å². The van der Waals surface area contributed by atoms with Crippen LogP contribution in [0.3, 0.4) is 0 Å². The Hall–Kier alpha value is -1.35. The molecule has 0 aliphatic rings. The lowest BCUT2D eigenvalue weighted by Gasteiger charge is -2.07. The Bertz CT molecular complexity index is 297. The topological polar surface area (TPSA) is 56.7 Å². The van der Waals surface area contributed by atoms with Gasteiger partial charge in [0.2, 0.25) is 0 Å². The molecule has 4 N–H and O–H groups in total. The summed E-state index contributed by atoms with van der Waals surface area (Å²) in [6, 6.07) is 7.81. The third kappa shape index (κ3) is 2.56. The Labute approximate surface area is 77.9 Å². The third-order valence-corrected chi connectivity index (χ3v) is 1.90. The second-order valence-corrected chi connectivity index (χ2v) is 2.81. The van der Waals surface area contributed by atoms with Gasteiger partial charge in [-0.05, 0) is 18.1 Å². The molecule has 0 saturated heterocycles. The summed E-state index contributed by atoms with van der Waals surface area (Å²) in [6.07, 6.45) is 0.924. The molecule has 0 saturated carbocycles. The number of carbonyl (C=O) groups is 1. The molecule has 0 unspecified atom stereocenters. The van der Waals surface area contributed by atoms with E-state index in [-0.39, 0.29) is 12.5 Å². The number of para-hydroxylation sites is 1. The van der Waals surface area contributed by atoms with E-state index < -0.39 is 0 Å². The molecular weight excluding hydrogens is 164 g/mol. The van der Waals surface area contributed by atoms with Crippen molar-refractivity contribution >= 4 is 11.6 Å². The Morgan fingerprint density at radius 3 is 2.77 bits per heavy atom. The number of rotatable bonds is 3. The largest absolute Gasteiger partial charge is 0.350 e. The molecule has 3 nitrogen and oxygen atoms in total. The van der Waals surface area contributed by atoms with Gasteiger partial charge in [0, 0.05) is 5.69 Å². The minimum atomic E-state index is -0.0408. The number of hydrogen-bond donors (Lipinski definition) is 2. The lowest BCUT2D eigenvalue weighted by molar-refractivity contribution is -0.353. The van der Waals surface area contributed by atoms with Crippen molar-refractivity contribution in [2.75, 3.05) is 11.9 Å². The highest BCUT2D eigenvalue weighted by molar-refractivity contribution is 5.92. The predicted octanol–water partition coefficient (Wildman–Crippen LogP) is 0.429. The molecule has 0 aromatic heterocycles. The van der Waals surface area contributed by atoms with Crippen molar-refractivity contribution in [3.63, 3.8) is 0 Å². The molecule has 0 spiro atoms. The quantitative estimate of drug-likeness (QED) is 0.694. The van der Waals surface area contributed by atoms with Gasteiger partial charge in [0.05, 0.1) is 0 Å². The Kier molecular flexibility index (Phi) is 3.46. The van der Waals surface area contributed by atoms with Gasteiger partial charge in [0.15, 0.2) is 6.54 Å². The SMILES string of the molecule is CCc1ccccc1NC(=O)C[NH3+]. The van der Waals surface area contributed by atoms with Gasteiger partial charge in [-0.3, -0.25) is 4.79 Å². The molecule has 0 radical (unpaired) electrons. The second kappa shape index (κ2) is 4.62. The van der Waals surface area contributed by atoms with E-state index in [1.807, 2.05) is 24.3 Å². The highest BCUT2D eigenvalue weighted by Crippen LogP contribution is 2.14. The predicted molar refractivity (Wildman–Crippen MR) is 52.2 cm³/mol.